The Morgan fingerprint density at radius 1 is 1.00 bits per heavy atom. The summed E-state index contributed by atoms with van der Waals surface area (Å²) in [6.45, 7) is 11.8. The van der Waals surface area contributed by atoms with Crippen molar-refractivity contribution in [3.8, 4) is 0 Å². The summed E-state index contributed by atoms with van der Waals surface area (Å²) in [6, 6.07) is 0.642. The third kappa shape index (κ3) is 5.98. The summed E-state index contributed by atoms with van der Waals surface area (Å²) in [5, 5.41) is 0. The molecule has 1 N–H and O–H groups in total. The van der Waals surface area contributed by atoms with E-state index in [0.717, 1.165) is 12.8 Å². The molecule has 1 aliphatic carbocycles. The predicted octanol–water partition coefficient (Wildman–Crippen LogP) is 3.51. The zero-order valence-corrected chi connectivity index (χ0v) is 15.4. The van der Waals surface area contributed by atoms with E-state index < -0.39 is 8.80 Å². The molecular formula is C16H32O4Si. The van der Waals surface area contributed by atoms with Crippen LogP contribution in [0.2, 0.25) is 6.04 Å². The second kappa shape index (κ2) is 5.93. The minimum atomic E-state index is -3.15. The Morgan fingerprint density at radius 2 is 1.57 bits per heavy atom. The molecule has 1 saturated carbocycles. The number of hydrogen-bond donors (Lipinski definition) is 1. The van der Waals surface area contributed by atoms with Gasteiger partial charge in [0.1, 0.15) is 0 Å². The largest absolute Gasteiger partial charge is 0.499 e. The van der Waals surface area contributed by atoms with Gasteiger partial charge < -0.3 is 18.4 Å². The van der Waals surface area contributed by atoms with Crippen molar-refractivity contribution in [2.24, 2.45) is 5.92 Å². The molecular weight excluding hydrogens is 284 g/mol. The van der Waals surface area contributed by atoms with Crippen molar-refractivity contribution < 1.29 is 18.4 Å². The molecule has 1 saturated heterocycles. The van der Waals surface area contributed by atoms with Gasteiger partial charge in [0.05, 0.1) is 23.4 Å². The quantitative estimate of drug-likeness (QED) is 0.623. The van der Waals surface area contributed by atoms with Crippen molar-refractivity contribution in [1.29, 1.82) is 0 Å². The lowest BCUT2D eigenvalue weighted by Gasteiger charge is -2.37. The lowest BCUT2D eigenvalue weighted by atomic mass is 9.88. The summed E-state index contributed by atoms with van der Waals surface area (Å²) >= 11 is 0. The number of rotatable bonds is 5. The third-order valence-electron chi connectivity index (χ3n) is 3.91. The molecule has 4 nitrogen and oxygen atoms in total. The minimum absolute atomic E-state index is 0.385. The molecule has 0 aromatic heterocycles. The van der Waals surface area contributed by atoms with Gasteiger partial charge in [0.15, 0.2) is 0 Å². The van der Waals surface area contributed by atoms with Gasteiger partial charge in [-0.05, 0) is 73.1 Å². The molecule has 2 aliphatic rings. The molecule has 0 amide bonds. The van der Waals surface area contributed by atoms with Crippen molar-refractivity contribution in [3.05, 3.63) is 0 Å². The summed E-state index contributed by atoms with van der Waals surface area (Å²) in [6.07, 6.45) is 5.52. The van der Waals surface area contributed by atoms with Crippen LogP contribution in [-0.2, 0) is 13.6 Å². The first-order valence-electron chi connectivity index (χ1n) is 8.24. The average molecular weight is 317 g/mol. The highest BCUT2D eigenvalue weighted by molar-refractivity contribution is 6.59. The van der Waals surface area contributed by atoms with Crippen LogP contribution >= 0.6 is 0 Å². The van der Waals surface area contributed by atoms with Crippen molar-refractivity contribution >= 4 is 8.80 Å². The monoisotopic (exact) mass is 316 g/mol. The summed E-state index contributed by atoms with van der Waals surface area (Å²) in [7, 11) is -3.15. The molecule has 3 unspecified atom stereocenters. The van der Waals surface area contributed by atoms with Crippen molar-refractivity contribution in [3.63, 3.8) is 0 Å². The van der Waals surface area contributed by atoms with E-state index in [1.165, 1.54) is 12.8 Å². The van der Waals surface area contributed by atoms with E-state index >= 15 is 0 Å². The maximum absolute atomic E-state index is 11.0. The second-order valence-corrected chi connectivity index (χ2v) is 10.9. The Labute approximate surface area is 130 Å². The lowest BCUT2D eigenvalue weighted by Crippen LogP contribution is -2.52. The SMILES string of the molecule is CC(C)(C)O[Si](O)(CCC1CCC2OC2C1)OC(C)(C)C. The van der Waals surface area contributed by atoms with Crippen LogP contribution in [0.4, 0.5) is 0 Å². The Hall–Kier alpha value is 0.0569. The topological polar surface area (TPSA) is 51.2 Å². The minimum Gasteiger partial charge on any atom is -0.390 e. The van der Waals surface area contributed by atoms with E-state index in [9.17, 15) is 4.80 Å². The second-order valence-electron chi connectivity index (χ2n) is 8.57. The Morgan fingerprint density at radius 3 is 2.05 bits per heavy atom. The molecule has 1 aliphatic heterocycles. The van der Waals surface area contributed by atoms with Gasteiger partial charge in [-0.1, -0.05) is 0 Å². The number of ether oxygens (including phenoxy) is 1. The molecule has 0 radical (unpaired) electrons. The normalized spacial score (nSPS) is 30.1. The van der Waals surface area contributed by atoms with Crippen LogP contribution in [0.25, 0.3) is 0 Å². The van der Waals surface area contributed by atoms with Gasteiger partial charge in [0, 0.05) is 6.04 Å². The van der Waals surface area contributed by atoms with Crippen LogP contribution in [0.5, 0.6) is 0 Å². The maximum atomic E-state index is 11.0. The number of hydrogen-bond acceptors (Lipinski definition) is 4. The van der Waals surface area contributed by atoms with Crippen molar-refractivity contribution in [1.82, 2.24) is 0 Å². The van der Waals surface area contributed by atoms with Gasteiger partial charge in [-0.3, -0.25) is 0 Å². The fourth-order valence-corrected chi connectivity index (χ4v) is 6.15. The first kappa shape index (κ1) is 17.4. The third-order valence-corrected chi connectivity index (χ3v) is 6.70. The van der Waals surface area contributed by atoms with E-state index in [1.54, 1.807) is 0 Å². The highest BCUT2D eigenvalue weighted by Crippen LogP contribution is 2.42. The molecule has 0 bridgehead atoms. The van der Waals surface area contributed by atoms with Gasteiger partial charge in [0.25, 0.3) is 0 Å². The molecule has 0 spiro atoms. The van der Waals surface area contributed by atoms with E-state index in [2.05, 4.69) is 0 Å². The van der Waals surface area contributed by atoms with Crippen LogP contribution < -0.4 is 0 Å². The Balaban J connectivity index is 1.91. The van der Waals surface area contributed by atoms with E-state index in [4.69, 9.17) is 13.6 Å². The predicted molar refractivity (Wildman–Crippen MR) is 85.1 cm³/mol. The van der Waals surface area contributed by atoms with Crippen molar-refractivity contribution in [2.75, 3.05) is 0 Å². The summed E-state index contributed by atoms with van der Waals surface area (Å²) < 4.78 is 17.5. The lowest BCUT2D eigenvalue weighted by molar-refractivity contribution is -0.0279. The van der Waals surface area contributed by atoms with Crippen LogP contribution in [0.3, 0.4) is 0 Å². The fourth-order valence-electron chi connectivity index (χ4n) is 3.22. The van der Waals surface area contributed by atoms with Gasteiger partial charge in [0.2, 0.25) is 0 Å². The maximum Gasteiger partial charge on any atom is 0.499 e. The Kier molecular flexibility index (Phi) is 4.91. The molecule has 0 aromatic rings. The summed E-state index contributed by atoms with van der Waals surface area (Å²) in [4.78, 5) is 11.0. The fraction of sp³-hybridized carbons (Fsp3) is 1.00. The smallest absolute Gasteiger partial charge is 0.390 e. The molecule has 2 rings (SSSR count). The van der Waals surface area contributed by atoms with Gasteiger partial charge in [-0.2, -0.15) is 0 Å². The zero-order valence-electron chi connectivity index (χ0n) is 14.4. The average Bonchev–Trinajstić information content (AvgIpc) is 2.98. The van der Waals surface area contributed by atoms with E-state index in [1.807, 2.05) is 41.5 Å². The molecule has 0 aromatic carbocycles. The first-order valence-corrected chi connectivity index (χ1v) is 10.2. The highest BCUT2D eigenvalue weighted by Gasteiger charge is 2.47. The van der Waals surface area contributed by atoms with Crippen molar-refractivity contribution in [2.45, 2.75) is 96.7 Å². The molecule has 1 heterocycles. The highest BCUT2D eigenvalue weighted by atomic mass is 28.4. The molecule has 5 heteroatoms. The van der Waals surface area contributed by atoms with Gasteiger partial charge in [-0.15, -0.1) is 0 Å². The van der Waals surface area contributed by atoms with Gasteiger partial charge >= 0.3 is 8.80 Å². The van der Waals surface area contributed by atoms with Crippen LogP contribution in [-0.4, -0.2) is 37.0 Å². The zero-order chi connectivity index (χ0) is 15.9. The van der Waals surface area contributed by atoms with Crippen LogP contribution in [0.15, 0.2) is 0 Å². The molecule has 2 fully saturated rings. The van der Waals surface area contributed by atoms with Crippen LogP contribution in [0.1, 0.15) is 67.2 Å². The summed E-state index contributed by atoms with van der Waals surface area (Å²) in [5.41, 5.74) is -0.771. The molecule has 124 valence electrons. The van der Waals surface area contributed by atoms with E-state index in [-0.39, 0.29) is 11.2 Å². The number of fused-ring (bicyclic) bond motifs is 1. The molecule has 21 heavy (non-hydrogen) atoms. The summed E-state index contributed by atoms with van der Waals surface area (Å²) in [5.74, 6) is 0.639. The Bertz CT molecular complexity index is 342. The number of epoxide rings is 1. The first-order chi connectivity index (χ1) is 9.46. The van der Waals surface area contributed by atoms with Gasteiger partial charge in [-0.25, -0.2) is 0 Å². The van der Waals surface area contributed by atoms with Crippen LogP contribution in [0, 0.1) is 5.92 Å². The standard InChI is InChI=1S/C16H32O4Si/c1-15(2,3)19-21(17,20-16(4,5)6)10-9-12-7-8-13-14(11-12)18-13/h12-14,17H,7-11H2,1-6H3. The molecule has 3 atom stereocenters. The van der Waals surface area contributed by atoms with E-state index in [0.29, 0.717) is 24.2 Å².